The third kappa shape index (κ3) is 6.11. The molecule has 1 fully saturated rings. The van der Waals surface area contributed by atoms with Gasteiger partial charge in [-0.2, -0.15) is 9.29 Å². The zero-order valence-corrected chi connectivity index (χ0v) is 22.2. The molecule has 1 saturated heterocycles. The second-order valence-corrected chi connectivity index (χ2v) is 11.2. The van der Waals surface area contributed by atoms with Gasteiger partial charge in [0.2, 0.25) is 21.8 Å². The highest BCUT2D eigenvalue weighted by atomic mass is 32.2. The van der Waals surface area contributed by atoms with Crippen LogP contribution in [0.4, 0.5) is 5.69 Å². The van der Waals surface area contributed by atoms with E-state index in [0.717, 1.165) is 5.56 Å². The third-order valence-corrected chi connectivity index (χ3v) is 8.19. The maximum atomic E-state index is 13.4. The molecule has 2 heterocycles. The van der Waals surface area contributed by atoms with E-state index in [-0.39, 0.29) is 29.0 Å². The molecule has 11 heteroatoms. The van der Waals surface area contributed by atoms with Crippen LogP contribution >= 0.6 is 0 Å². The van der Waals surface area contributed by atoms with Crippen molar-refractivity contribution in [3.63, 3.8) is 0 Å². The Morgan fingerprint density at radius 3 is 2.57 bits per heavy atom. The van der Waals surface area contributed by atoms with Gasteiger partial charge in [-0.1, -0.05) is 31.1 Å². The lowest BCUT2D eigenvalue weighted by atomic mass is 9.98. The van der Waals surface area contributed by atoms with Gasteiger partial charge in [-0.05, 0) is 42.7 Å². The molecule has 4 rings (SSSR count). The molecule has 2 aromatic carbocycles. The molecule has 0 aliphatic carbocycles. The number of carbonyl (C=O) groups is 1. The fourth-order valence-electron chi connectivity index (χ4n) is 4.21. The van der Waals surface area contributed by atoms with Crippen LogP contribution in [0.15, 0.2) is 51.9 Å². The second kappa shape index (κ2) is 11.3. The summed E-state index contributed by atoms with van der Waals surface area (Å²) in [5.41, 5.74) is 1.62. The van der Waals surface area contributed by atoms with Crippen LogP contribution in [-0.2, 0) is 21.2 Å². The Morgan fingerprint density at radius 1 is 1.16 bits per heavy atom. The number of nitrogens with one attached hydrogen (secondary N) is 1. The maximum Gasteiger partial charge on any atom is 0.246 e. The monoisotopic (exact) mass is 528 g/mol. The Bertz CT molecular complexity index is 1340. The predicted octanol–water partition coefficient (Wildman–Crippen LogP) is 3.84. The van der Waals surface area contributed by atoms with Gasteiger partial charge in [0.15, 0.2) is 5.82 Å². The minimum Gasteiger partial charge on any atom is -0.497 e. The number of amides is 1. The maximum absolute atomic E-state index is 13.4. The van der Waals surface area contributed by atoms with E-state index in [1.54, 1.807) is 12.1 Å². The molecule has 3 aromatic rings. The lowest BCUT2D eigenvalue weighted by molar-refractivity contribution is -0.120. The van der Waals surface area contributed by atoms with E-state index in [9.17, 15) is 13.2 Å². The number of nitrogens with zero attached hydrogens (tertiary/aromatic N) is 3. The first-order valence-electron chi connectivity index (χ1n) is 12.2. The van der Waals surface area contributed by atoms with E-state index in [2.05, 4.69) is 15.5 Å². The molecule has 0 unspecified atom stereocenters. The van der Waals surface area contributed by atoms with E-state index in [1.165, 1.54) is 24.6 Å². The highest BCUT2D eigenvalue weighted by Crippen LogP contribution is 2.33. The zero-order chi connectivity index (χ0) is 26.6. The summed E-state index contributed by atoms with van der Waals surface area (Å²) in [5.74, 6) is 1.33. The number of sulfonamides is 1. The minimum atomic E-state index is -3.89. The molecule has 198 valence electrons. The molecule has 0 spiro atoms. The van der Waals surface area contributed by atoms with Gasteiger partial charge in [-0.25, -0.2) is 8.42 Å². The van der Waals surface area contributed by atoms with Crippen molar-refractivity contribution in [2.75, 3.05) is 32.6 Å². The standard InChI is InChI=1S/C26H32N4O6S/c1-17(2)26-28-24(29-36-26)14-18-7-9-20(10-8-18)27-25(31)19-6-5-13-30(16-19)37(32,33)23-15-21(34-3)11-12-22(23)35-4/h7-12,15,17,19H,5-6,13-14,16H2,1-4H3,(H,27,31)/t19-/m1/s1. The molecular weight excluding hydrogens is 496 g/mol. The highest BCUT2D eigenvalue weighted by Gasteiger charge is 2.35. The van der Waals surface area contributed by atoms with Crippen LogP contribution in [0.1, 0.15) is 49.9 Å². The van der Waals surface area contributed by atoms with Gasteiger partial charge >= 0.3 is 0 Å². The number of methoxy groups -OCH3 is 2. The fraction of sp³-hybridized carbons (Fsp3) is 0.423. The Balaban J connectivity index is 1.41. The molecule has 0 radical (unpaired) electrons. The quantitative estimate of drug-likeness (QED) is 0.444. The normalized spacial score (nSPS) is 16.5. The molecule has 10 nitrogen and oxygen atoms in total. The average molecular weight is 529 g/mol. The molecule has 1 aliphatic heterocycles. The summed E-state index contributed by atoms with van der Waals surface area (Å²) in [6.45, 7) is 4.40. The number of aromatic nitrogens is 2. The number of hydrogen-bond acceptors (Lipinski definition) is 8. The number of carbonyl (C=O) groups excluding carboxylic acids is 1. The van der Waals surface area contributed by atoms with Gasteiger partial charge in [-0.3, -0.25) is 4.79 Å². The van der Waals surface area contributed by atoms with Gasteiger partial charge in [-0.15, -0.1) is 0 Å². The zero-order valence-electron chi connectivity index (χ0n) is 21.4. The van der Waals surface area contributed by atoms with Crippen LogP contribution in [-0.4, -0.2) is 56.1 Å². The van der Waals surface area contributed by atoms with E-state index in [4.69, 9.17) is 14.0 Å². The first kappa shape index (κ1) is 26.6. The van der Waals surface area contributed by atoms with Crippen molar-refractivity contribution in [2.45, 2.75) is 43.9 Å². The summed E-state index contributed by atoms with van der Waals surface area (Å²) in [7, 11) is -0.995. The van der Waals surface area contributed by atoms with E-state index in [1.807, 2.05) is 38.1 Å². The average Bonchev–Trinajstić information content (AvgIpc) is 3.38. The first-order valence-corrected chi connectivity index (χ1v) is 13.6. The summed E-state index contributed by atoms with van der Waals surface area (Å²) in [4.78, 5) is 17.4. The van der Waals surface area contributed by atoms with Crippen LogP contribution in [0, 0.1) is 5.92 Å². The number of ether oxygens (including phenoxy) is 2. The number of benzene rings is 2. The number of anilines is 1. The van der Waals surface area contributed by atoms with Crippen molar-refractivity contribution in [3.8, 4) is 11.5 Å². The fourth-order valence-corrected chi connectivity index (χ4v) is 5.90. The third-order valence-electron chi connectivity index (χ3n) is 6.30. The number of piperidine rings is 1. The Morgan fingerprint density at radius 2 is 1.92 bits per heavy atom. The Kier molecular flexibility index (Phi) is 8.13. The molecule has 1 atom stereocenters. The summed E-state index contributed by atoms with van der Waals surface area (Å²) < 4.78 is 43.9. The number of hydrogen-bond donors (Lipinski definition) is 1. The smallest absolute Gasteiger partial charge is 0.246 e. The largest absolute Gasteiger partial charge is 0.497 e. The second-order valence-electron chi connectivity index (χ2n) is 9.29. The van der Waals surface area contributed by atoms with Gasteiger partial charge in [0.05, 0.1) is 20.1 Å². The lowest BCUT2D eigenvalue weighted by Gasteiger charge is -2.31. The predicted molar refractivity (Wildman–Crippen MR) is 137 cm³/mol. The van der Waals surface area contributed by atoms with Crippen molar-refractivity contribution in [2.24, 2.45) is 5.92 Å². The van der Waals surface area contributed by atoms with Gasteiger partial charge in [0.25, 0.3) is 0 Å². The summed E-state index contributed by atoms with van der Waals surface area (Å²) in [5, 5.41) is 6.93. The van der Waals surface area contributed by atoms with Crippen LogP contribution in [0.5, 0.6) is 11.5 Å². The summed E-state index contributed by atoms with van der Waals surface area (Å²) in [6.07, 6.45) is 1.69. The lowest BCUT2D eigenvalue weighted by Crippen LogP contribution is -2.43. The van der Waals surface area contributed by atoms with Crippen LogP contribution in [0.25, 0.3) is 0 Å². The van der Waals surface area contributed by atoms with Crippen molar-refractivity contribution in [1.29, 1.82) is 0 Å². The van der Waals surface area contributed by atoms with E-state index >= 15 is 0 Å². The van der Waals surface area contributed by atoms with Crippen molar-refractivity contribution in [3.05, 3.63) is 59.7 Å². The van der Waals surface area contributed by atoms with Crippen molar-refractivity contribution >= 4 is 21.6 Å². The van der Waals surface area contributed by atoms with Gasteiger partial charge < -0.3 is 19.3 Å². The molecule has 1 amide bonds. The molecular formula is C26H32N4O6S. The van der Waals surface area contributed by atoms with Crippen LogP contribution in [0.3, 0.4) is 0 Å². The summed E-state index contributed by atoms with van der Waals surface area (Å²) >= 11 is 0. The minimum absolute atomic E-state index is 0.0214. The molecule has 37 heavy (non-hydrogen) atoms. The van der Waals surface area contributed by atoms with E-state index < -0.39 is 15.9 Å². The molecule has 0 bridgehead atoms. The SMILES string of the molecule is COc1ccc(OC)c(S(=O)(=O)N2CCC[C@@H](C(=O)Nc3ccc(Cc4noc(C(C)C)n4)cc3)C2)c1. The number of rotatable bonds is 9. The highest BCUT2D eigenvalue weighted by molar-refractivity contribution is 7.89. The van der Waals surface area contributed by atoms with Gasteiger partial charge in [0.1, 0.15) is 16.4 Å². The molecule has 0 saturated carbocycles. The van der Waals surface area contributed by atoms with Crippen molar-refractivity contribution in [1.82, 2.24) is 14.4 Å². The van der Waals surface area contributed by atoms with Crippen molar-refractivity contribution < 1.29 is 27.2 Å². The van der Waals surface area contributed by atoms with Crippen LogP contribution < -0.4 is 14.8 Å². The first-order chi connectivity index (χ1) is 17.7. The topological polar surface area (TPSA) is 124 Å². The van der Waals surface area contributed by atoms with Gasteiger partial charge in [0, 0.05) is 37.2 Å². The van der Waals surface area contributed by atoms with E-state index in [0.29, 0.717) is 49.0 Å². The molecule has 1 aliphatic rings. The van der Waals surface area contributed by atoms with Crippen LogP contribution in [0.2, 0.25) is 0 Å². The molecule has 1 aromatic heterocycles. The molecule has 1 N–H and O–H groups in total. The summed E-state index contributed by atoms with van der Waals surface area (Å²) in [6, 6.07) is 12.1. The Hall–Kier alpha value is -3.44. The Labute approximate surface area is 217 Å².